The predicted octanol–water partition coefficient (Wildman–Crippen LogP) is 2.15. The fraction of sp³-hybridized carbons (Fsp3) is 0.733. The fourth-order valence-electron chi connectivity index (χ4n) is 2.39. The van der Waals surface area contributed by atoms with E-state index in [1.165, 1.54) is 36.7 Å². The molecule has 2 heterocycles. The van der Waals surface area contributed by atoms with Crippen molar-refractivity contribution in [1.82, 2.24) is 14.5 Å². The number of unbranched alkanes of at least 4 members (excludes halogenated alkanes) is 4. The summed E-state index contributed by atoms with van der Waals surface area (Å²) < 4.78 is 11.8. The highest BCUT2D eigenvalue weighted by atomic mass is 16.5. The van der Waals surface area contributed by atoms with E-state index in [-0.39, 0.29) is 6.09 Å². The summed E-state index contributed by atoms with van der Waals surface area (Å²) in [5.74, 6) is 0. The second-order valence-corrected chi connectivity index (χ2v) is 5.31. The van der Waals surface area contributed by atoms with Gasteiger partial charge in [-0.15, -0.1) is 0 Å². The van der Waals surface area contributed by atoms with Gasteiger partial charge in [0.2, 0.25) is 0 Å². The van der Waals surface area contributed by atoms with E-state index in [0.29, 0.717) is 6.61 Å². The number of hydrogen-bond donors (Lipinski definition) is 0. The summed E-state index contributed by atoms with van der Waals surface area (Å²) in [6.45, 7) is 5.57. The molecule has 0 N–H and O–H groups in total. The summed E-state index contributed by atoms with van der Waals surface area (Å²) in [5.41, 5.74) is 0. The Balaban J connectivity index is 1.39. The maximum absolute atomic E-state index is 11.5. The smallest absolute Gasteiger partial charge is 0.419 e. The maximum Gasteiger partial charge on any atom is 0.419 e. The van der Waals surface area contributed by atoms with Gasteiger partial charge in [-0.05, 0) is 19.4 Å². The van der Waals surface area contributed by atoms with Gasteiger partial charge in [-0.1, -0.05) is 19.3 Å². The molecule has 0 saturated carbocycles. The third-order valence-corrected chi connectivity index (χ3v) is 3.66. The van der Waals surface area contributed by atoms with Crippen molar-refractivity contribution in [3.8, 4) is 0 Å². The Morgan fingerprint density at radius 2 is 1.90 bits per heavy atom. The molecule has 118 valence electrons. The average molecular weight is 295 g/mol. The molecule has 0 radical (unpaired) electrons. The van der Waals surface area contributed by atoms with Gasteiger partial charge < -0.3 is 9.47 Å². The molecule has 0 atom stereocenters. The van der Waals surface area contributed by atoms with Gasteiger partial charge in [0.1, 0.15) is 6.33 Å². The van der Waals surface area contributed by atoms with Crippen LogP contribution in [0.3, 0.4) is 0 Å². The molecule has 0 unspecified atom stereocenters. The standard InChI is InChI=1S/C15H25N3O3/c19-15(18-8-6-16-14-18)21-11-5-3-1-2-4-7-17-9-12-20-13-10-17/h6,8,14H,1-5,7,9-13H2. The lowest BCUT2D eigenvalue weighted by molar-refractivity contribution is 0.0371. The lowest BCUT2D eigenvalue weighted by Gasteiger charge is -2.26. The molecule has 6 nitrogen and oxygen atoms in total. The molecule has 0 spiro atoms. The molecule has 2 rings (SSSR count). The molecule has 0 amide bonds. The van der Waals surface area contributed by atoms with Gasteiger partial charge in [-0.25, -0.2) is 14.3 Å². The number of ether oxygens (including phenoxy) is 2. The zero-order valence-corrected chi connectivity index (χ0v) is 12.6. The molecule has 1 fully saturated rings. The molecule has 0 aromatic carbocycles. The molecule has 1 aliphatic heterocycles. The van der Waals surface area contributed by atoms with Crippen molar-refractivity contribution >= 4 is 6.09 Å². The number of rotatable bonds is 8. The number of aromatic nitrogens is 2. The van der Waals surface area contributed by atoms with Crippen molar-refractivity contribution in [2.24, 2.45) is 0 Å². The Labute approximate surface area is 126 Å². The maximum atomic E-state index is 11.5. The molecule has 0 bridgehead atoms. The molecule has 1 aliphatic rings. The third kappa shape index (κ3) is 6.27. The minimum atomic E-state index is -0.347. The van der Waals surface area contributed by atoms with E-state index in [1.54, 1.807) is 12.4 Å². The third-order valence-electron chi connectivity index (χ3n) is 3.66. The lowest BCUT2D eigenvalue weighted by Crippen LogP contribution is -2.36. The van der Waals surface area contributed by atoms with Crippen LogP contribution in [0.4, 0.5) is 4.79 Å². The molecular formula is C15H25N3O3. The zero-order chi connectivity index (χ0) is 14.8. The largest absolute Gasteiger partial charge is 0.449 e. The second kappa shape index (κ2) is 9.52. The van der Waals surface area contributed by atoms with Crippen molar-refractivity contribution in [2.75, 3.05) is 39.5 Å². The SMILES string of the molecule is O=C(OCCCCCCCN1CCOCC1)n1ccnc1. The average Bonchev–Trinajstić information content (AvgIpc) is 3.05. The van der Waals surface area contributed by atoms with Crippen LogP contribution in [0, 0.1) is 0 Å². The quantitative estimate of drug-likeness (QED) is 0.688. The first kappa shape index (κ1) is 16.0. The molecule has 21 heavy (non-hydrogen) atoms. The number of carbonyl (C=O) groups excluding carboxylic acids is 1. The summed E-state index contributed by atoms with van der Waals surface area (Å²) in [6.07, 6.45) is 9.99. The minimum absolute atomic E-state index is 0.347. The van der Waals surface area contributed by atoms with Crippen molar-refractivity contribution in [2.45, 2.75) is 32.1 Å². The summed E-state index contributed by atoms with van der Waals surface area (Å²) in [5, 5.41) is 0. The Hall–Kier alpha value is -1.40. The summed E-state index contributed by atoms with van der Waals surface area (Å²) in [4.78, 5) is 17.8. The van der Waals surface area contributed by atoms with Crippen LogP contribution < -0.4 is 0 Å². The van der Waals surface area contributed by atoms with Crippen LogP contribution in [0.2, 0.25) is 0 Å². The van der Waals surface area contributed by atoms with Gasteiger partial charge in [0.25, 0.3) is 0 Å². The van der Waals surface area contributed by atoms with E-state index in [2.05, 4.69) is 9.88 Å². The topological polar surface area (TPSA) is 56.6 Å². The Kier molecular flexibility index (Phi) is 7.24. The van der Waals surface area contributed by atoms with Crippen LogP contribution >= 0.6 is 0 Å². The molecule has 0 aliphatic carbocycles. The number of carbonyl (C=O) groups is 1. The van der Waals surface area contributed by atoms with E-state index >= 15 is 0 Å². The van der Waals surface area contributed by atoms with Gasteiger partial charge in [0.15, 0.2) is 0 Å². The molecule has 1 aromatic rings. The number of hydrogen-bond acceptors (Lipinski definition) is 5. The highest BCUT2D eigenvalue weighted by Gasteiger charge is 2.09. The van der Waals surface area contributed by atoms with Crippen LogP contribution in [0.5, 0.6) is 0 Å². The highest BCUT2D eigenvalue weighted by Crippen LogP contribution is 2.06. The normalized spacial score (nSPS) is 16.0. The van der Waals surface area contributed by atoms with Crippen LogP contribution in [-0.4, -0.2) is 60.0 Å². The monoisotopic (exact) mass is 295 g/mol. The van der Waals surface area contributed by atoms with E-state index < -0.39 is 0 Å². The molecule has 1 saturated heterocycles. The minimum Gasteiger partial charge on any atom is -0.449 e. The number of imidazole rings is 1. The van der Waals surface area contributed by atoms with Gasteiger partial charge in [0.05, 0.1) is 19.8 Å². The first-order valence-corrected chi connectivity index (χ1v) is 7.81. The number of morpholine rings is 1. The van der Waals surface area contributed by atoms with Crippen molar-refractivity contribution < 1.29 is 14.3 Å². The Morgan fingerprint density at radius 1 is 1.14 bits per heavy atom. The van der Waals surface area contributed by atoms with Crippen molar-refractivity contribution in [3.63, 3.8) is 0 Å². The van der Waals surface area contributed by atoms with Crippen LogP contribution in [0.15, 0.2) is 18.7 Å². The summed E-state index contributed by atoms with van der Waals surface area (Å²) in [6, 6.07) is 0. The Bertz CT molecular complexity index is 389. The first-order valence-electron chi connectivity index (χ1n) is 7.81. The van der Waals surface area contributed by atoms with Crippen LogP contribution in [-0.2, 0) is 9.47 Å². The molecule has 6 heteroatoms. The van der Waals surface area contributed by atoms with Crippen molar-refractivity contribution in [1.29, 1.82) is 0 Å². The Morgan fingerprint density at radius 3 is 2.67 bits per heavy atom. The van der Waals surface area contributed by atoms with Crippen LogP contribution in [0.25, 0.3) is 0 Å². The number of nitrogens with zero attached hydrogens (tertiary/aromatic N) is 3. The van der Waals surface area contributed by atoms with Crippen LogP contribution in [0.1, 0.15) is 32.1 Å². The summed E-state index contributed by atoms with van der Waals surface area (Å²) in [7, 11) is 0. The lowest BCUT2D eigenvalue weighted by atomic mass is 10.1. The molecular weight excluding hydrogens is 270 g/mol. The van der Waals surface area contributed by atoms with E-state index in [0.717, 1.165) is 39.1 Å². The summed E-state index contributed by atoms with van der Waals surface area (Å²) >= 11 is 0. The van der Waals surface area contributed by atoms with Gasteiger partial charge in [0, 0.05) is 25.5 Å². The van der Waals surface area contributed by atoms with E-state index in [4.69, 9.17) is 9.47 Å². The second-order valence-electron chi connectivity index (χ2n) is 5.31. The van der Waals surface area contributed by atoms with E-state index in [1.807, 2.05) is 0 Å². The van der Waals surface area contributed by atoms with Gasteiger partial charge in [-0.2, -0.15) is 0 Å². The van der Waals surface area contributed by atoms with Gasteiger partial charge >= 0.3 is 6.09 Å². The van der Waals surface area contributed by atoms with E-state index in [9.17, 15) is 4.79 Å². The zero-order valence-electron chi connectivity index (χ0n) is 12.6. The fourth-order valence-corrected chi connectivity index (χ4v) is 2.39. The highest BCUT2D eigenvalue weighted by molar-refractivity contribution is 5.69. The predicted molar refractivity (Wildman–Crippen MR) is 79.3 cm³/mol. The van der Waals surface area contributed by atoms with Gasteiger partial charge in [-0.3, -0.25) is 4.90 Å². The van der Waals surface area contributed by atoms with Crippen molar-refractivity contribution in [3.05, 3.63) is 18.7 Å². The molecule has 1 aromatic heterocycles. The first-order chi connectivity index (χ1) is 10.4.